The van der Waals surface area contributed by atoms with Crippen LogP contribution in [0.5, 0.6) is 0 Å². The Morgan fingerprint density at radius 2 is 2.22 bits per heavy atom. The van der Waals surface area contributed by atoms with Gasteiger partial charge < -0.3 is 15.4 Å². The van der Waals surface area contributed by atoms with E-state index in [2.05, 4.69) is 26.2 Å². The molecule has 18 heavy (non-hydrogen) atoms. The van der Waals surface area contributed by atoms with E-state index in [1.807, 2.05) is 6.07 Å². The highest BCUT2D eigenvalue weighted by molar-refractivity contribution is 9.10. The smallest absolute Gasteiger partial charge is 0.354 e. The van der Waals surface area contributed by atoms with Crippen LogP contribution < -0.4 is 5.32 Å². The zero-order valence-electron chi connectivity index (χ0n) is 9.21. The van der Waals surface area contributed by atoms with Crippen molar-refractivity contribution in [3.8, 4) is 0 Å². The molecule has 1 aromatic heterocycles. The van der Waals surface area contributed by atoms with Crippen LogP contribution in [0.1, 0.15) is 16.1 Å². The van der Waals surface area contributed by atoms with E-state index in [4.69, 9.17) is 16.7 Å². The number of aromatic amines is 1. The quantitative estimate of drug-likeness (QED) is 0.800. The minimum Gasteiger partial charge on any atom is -0.477 e. The fourth-order valence-corrected chi connectivity index (χ4v) is 2.37. The number of rotatable bonds is 4. The van der Waals surface area contributed by atoms with Crippen molar-refractivity contribution in [3.05, 3.63) is 51.2 Å². The number of aromatic nitrogens is 1. The first-order valence-corrected chi connectivity index (χ1v) is 6.33. The van der Waals surface area contributed by atoms with Crippen molar-refractivity contribution in [1.29, 1.82) is 0 Å². The van der Waals surface area contributed by atoms with Gasteiger partial charge in [0.05, 0.1) is 5.69 Å². The van der Waals surface area contributed by atoms with Crippen LogP contribution in [-0.2, 0) is 6.54 Å². The summed E-state index contributed by atoms with van der Waals surface area (Å²) >= 11 is 9.26. The summed E-state index contributed by atoms with van der Waals surface area (Å²) in [5.41, 5.74) is 1.71. The number of carboxylic acids is 1. The summed E-state index contributed by atoms with van der Waals surface area (Å²) in [5, 5.41) is 12.7. The number of nitrogens with one attached hydrogen (secondary N) is 2. The molecule has 0 spiro atoms. The molecule has 0 aliphatic rings. The van der Waals surface area contributed by atoms with Crippen molar-refractivity contribution in [1.82, 2.24) is 4.98 Å². The van der Waals surface area contributed by atoms with E-state index < -0.39 is 5.97 Å². The Labute approximate surface area is 117 Å². The molecule has 0 aliphatic carbocycles. The molecule has 6 heteroatoms. The van der Waals surface area contributed by atoms with E-state index in [1.165, 1.54) is 0 Å². The molecule has 2 rings (SSSR count). The lowest BCUT2D eigenvalue weighted by Crippen LogP contribution is -2.05. The summed E-state index contributed by atoms with van der Waals surface area (Å²) in [6.45, 7) is 0.510. The largest absolute Gasteiger partial charge is 0.477 e. The predicted octanol–water partition coefficient (Wildman–Crippen LogP) is 3.74. The molecule has 0 saturated heterocycles. The van der Waals surface area contributed by atoms with Gasteiger partial charge in [0.2, 0.25) is 0 Å². The molecule has 0 atom stereocenters. The first-order valence-electron chi connectivity index (χ1n) is 5.16. The van der Waals surface area contributed by atoms with E-state index in [9.17, 15) is 4.79 Å². The van der Waals surface area contributed by atoms with Crippen molar-refractivity contribution in [2.75, 3.05) is 5.32 Å². The van der Waals surface area contributed by atoms with Gasteiger partial charge in [-0.2, -0.15) is 0 Å². The van der Waals surface area contributed by atoms with E-state index in [0.717, 1.165) is 10.0 Å². The number of halogens is 2. The van der Waals surface area contributed by atoms with Gasteiger partial charge in [-0.15, -0.1) is 0 Å². The molecule has 1 aromatic carbocycles. The Morgan fingerprint density at radius 1 is 1.44 bits per heavy atom. The van der Waals surface area contributed by atoms with Gasteiger partial charge in [0, 0.05) is 22.2 Å². The lowest BCUT2D eigenvalue weighted by atomic mass is 10.2. The summed E-state index contributed by atoms with van der Waals surface area (Å²) < 4.78 is 0.884. The summed E-state index contributed by atoms with van der Waals surface area (Å²) in [4.78, 5) is 13.6. The van der Waals surface area contributed by atoms with E-state index in [0.29, 0.717) is 17.3 Å². The monoisotopic (exact) mass is 328 g/mol. The maximum Gasteiger partial charge on any atom is 0.354 e. The van der Waals surface area contributed by atoms with Crippen LogP contribution >= 0.6 is 27.5 Å². The van der Waals surface area contributed by atoms with Crippen LogP contribution in [0.25, 0.3) is 0 Å². The molecule has 0 unspecified atom stereocenters. The molecule has 0 bridgehead atoms. The first-order chi connectivity index (χ1) is 8.58. The zero-order chi connectivity index (χ0) is 13.1. The second kappa shape index (κ2) is 5.46. The SMILES string of the molecule is O=C(O)c1[nH]ccc1NCc1ccc(Cl)cc1Br. The zero-order valence-corrected chi connectivity index (χ0v) is 11.5. The summed E-state index contributed by atoms with van der Waals surface area (Å²) in [6, 6.07) is 7.16. The third-order valence-corrected chi connectivity index (χ3v) is 3.42. The van der Waals surface area contributed by atoms with Crippen molar-refractivity contribution in [2.24, 2.45) is 0 Å². The highest BCUT2D eigenvalue weighted by Crippen LogP contribution is 2.23. The van der Waals surface area contributed by atoms with Crippen molar-refractivity contribution < 1.29 is 9.90 Å². The third-order valence-electron chi connectivity index (χ3n) is 2.45. The Balaban J connectivity index is 2.11. The normalized spacial score (nSPS) is 10.3. The number of carbonyl (C=O) groups is 1. The number of anilines is 1. The minimum absolute atomic E-state index is 0.153. The Bertz CT molecular complexity index is 583. The highest BCUT2D eigenvalue weighted by atomic mass is 79.9. The number of hydrogen-bond acceptors (Lipinski definition) is 2. The summed E-state index contributed by atoms with van der Waals surface area (Å²) in [6.07, 6.45) is 1.59. The van der Waals surface area contributed by atoms with Crippen LogP contribution in [0.15, 0.2) is 34.9 Å². The lowest BCUT2D eigenvalue weighted by molar-refractivity contribution is 0.0692. The maximum absolute atomic E-state index is 10.9. The number of benzene rings is 1. The van der Waals surface area contributed by atoms with Crippen molar-refractivity contribution in [2.45, 2.75) is 6.54 Å². The fourth-order valence-electron chi connectivity index (χ4n) is 1.55. The Kier molecular flexibility index (Phi) is 3.93. The molecule has 4 nitrogen and oxygen atoms in total. The van der Waals surface area contributed by atoms with Gasteiger partial charge in [0.15, 0.2) is 0 Å². The summed E-state index contributed by atoms with van der Waals surface area (Å²) in [7, 11) is 0. The van der Waals surface area contributed by atoms with Gasteiger partial charge >= 0.3 is 5.97 Å². The van der Waals surface area contributed by atoms with Crippen LogP contribution in [0, 0.1) is 0 Å². The molecule has 0 fully saturated rings. The van der Waals surface area contributed by atoms with E-state index >= 15 is 0 Å². The van der Waals surface area contributed by atoms with Gasteiger partial charge in [0.25, 0.3) is 0 Å². The third kappa shape index (κ3) is 2.86. The molecule has 0 aliphatic heterocycles. The van der Waals surface area contributed by atoms with Gasteiger partial charge in [-0.25, -0.2) is 4.79 Å². The van der Waals surface area contributed by atoms with Gasteiger partial charge in [-0.3, -0.25) is 0 Å². The molecule has 3 N–H and O–H groups in total. The molecule has 1 heterocycles. The van der Waals surface area contributed by atoms with Crippen LogP contribution in [-0.4, -0.2) is 16.1 Å². The molecule has 0 amide bonds. The molecule has 0 radical (unpaired) electrons. The standard InChI is InChI=1S/C12H10BrClN2O2/c13-9-5-8(14)2-1-7(9)6-16-10-3-4-15-11(10)12(17)18/h1-5,15-16H,6H2,(H,17,18). The number of H-pyrrole nitrogens is 1. The van der Waals surface area contributed by atoms with Gasteiger partial charge in [-0.1, -0.05) is 33.6 Å². The fraction of sp³-hybridized carbons (Fsp3) is 0.0833. The Morgan fingerprint density at radius 3 is 2.89 bits per heavy atom. The van der Waals surface area contributed by atoms with Crippen molar-refractivity contribution >= 4 is 39.2 Å². The first kappa shape index (κ1) is 13.0. The average Bonchev–Trinajstić information content (AvgIpc) is 2.76. The van der Waals surface area contributed by atoms with E-state index in [1.54, 1.807) is 24.4 Å². The second-order valence-corrected chi connectivity index (χ2v) is 4.95. The minimum atomic E-state index is -0.988. The predicted molar refractivity (Wildman–Crippen MR) is 74.2 cm³/mol. The van der Waals surface area contributed by atoms with Gasteiger partial charge in [0.1, 0.15) is 5.69 Å². The van der Waals surface area contributed by atoms with Crippen LogP contribution in [0.3, 0.4) is 0 Å². The molecule has 0 saturated carbocycles. The number of hydrogen-bond donors (Lipinski definition) is 3. The molecule has 2 aromatic rings. The average molecular weight is 330 g/mol. The van der Waals surface area contributed by atoms with Crippen LogP contribution in [0.4, 0.5) is 5.69 Å². The topological polar surface area (TPSA) is 65.1 Å². The Hall–Kier alpha value is -1.46. The van der Waals surface area contributed by atoms with Crippen molar-refractivity contribution in [3.63, 3.8) is 0 Å². The number of aromatic carboxylic acids is 1. The second-order valence-electron chi connectivity index (χ2n) is 3.66. The highest BCUT2D eigenvalue weighted by Gasteiger charge is 2.10. The molecular formula is C12H10BrClN2O2. The number of carboxylic acid groups (broad SMARTS) is 1. The van der Waals surface area contributed by atoms with E-state index in [-0.39, 0.29) is 5.69 Å². The van der Waals surface area contributed by atoms with Gasteiger partial charge in [-0.05, 0) is 23.8 Å². The summed E-state index contributed by atoms with van der Waals surface area (Å²) in [5.74, 6) is -0.988. The lowest BCUT2D eigenvalue weighted by Gasteiger charge is -2.08. The molecule has 94 valence electrons. The molecular weight excluding hydrogens is 320 g/mol. The van der Waals surface area contributed by atoms with Crippen LogP contribution in [0.2, 0.25) is 5.02 Å². The maximum atomic E-state index is 10.9.